The molecule has 2 heterocycles. The van der Waals surface area contributed by atoms with E-state index >= 15 is 0 Å². The molecule has 0 bridgehead atoms. The van der Waals surface area contributed by atoms with E-state index in [1.165, 1.54) is 11.3 Å². The Morgan fingerprint density at radius 2 is 2.03 bits per heavy atom. The van der Waals surface area contributed by atoms with Crippen molar-refractivity contribution in [1.29, 1.82) is 5.26 Å². The maximum Gasteiger partial charge on any atom is 0.230 e. The maximum absolute atomic E-state index is 12.5. The lowest BCUT2D eigenvalue weighted by Gasteiger charge is -2.08. The van der Waals surface area contributed by atoms with Gasteiger partial charge in [0.1, 0.15) is 0 Å². The third-order valence-electron chi connectivity index (χ3n) is 4.58. The Labute approximate surface area is 177 Å². The zero-order valence-corrected chi connectivity index (χ0v) is 17.2. The molecule has 0 unspecified atom stereocenters. The highest BCUT2D eigenvalue weighted by Crippen LogP contribution is 2.32. The monoisotopic (exact) mass is 418 g/mol. The van der Waals surface area contributed by atoms with E-state index in [1.54, 1.807) is 38.5 Å². The van der Waals surface area contributed by atoms with Gasteiger partial charge in [-0.2, -0.15) is 5.26 Å². The number of rotatable bonds is 6. The van der Waals surface area contributed by atoms with E-state index in [4.69, 9.17) is 14.7 Å². The molecule has 150 valence electrons. The van der Waals surface area contributed by atoms with Crippen LogP contribution in [0.15, 0.2) is 54.0 Å². The third kappa shape index (κ3) is 3.83. The zero-order chi connectivity index (χ0) is 21.1. The summed E-state index contributed by atoms with van der Waals surface area (Å²) in [4.78, 5) is 18.0. The normalized spacial score (nSPS) is 10.6. The lowest BCUT2D eigenvalue weighted by Crippen LogP contribution is -2.15. The first-order valence-corrected chi connectivity index (χ1v) is 9.97. The van der Waals surface area contributed by atoms with Crippen LogP contribution < -0.4 is 14.8 Å². The molecule has 30 heavy (non-hydrogen) atoms. The molecule has 7 nitrogen and oxygen atoms in total. The number of nitrogens with zero attached hydrogens (tertiary/aromatic N) is 3. The molecule has 1 amide bonds. The second kappa shape index (κ2) is 8.27. The lowest BCUT2D eigenvalue weighted by atomic mass is 10.1. The molecule has 0 saturated carbocycles. The van der Waals surface area contributed by atoms with Gasteiger partial charge in [0.15, 0.2) is 16.5 Å². The summed E-state index contributed by atoms with van der Waals surface area (Å²) in [5.74, 6) is 1.12. The number of hydrogen-bond donors (Lipinski definition) is 1. The largest absolute Gasteiger partial charge is 0.493 e. The van der Waals surface area contributed by atoms with Gasteiger partial charge in [-0.1, -0.05) is 6.07 Å². The number of ether oxygens (including phenoxy) is 2. The van der Waals surface area contributed by atoms with Gasteiger partial charge in [-0.25, -0.2) is 4.98 Å². The number of nitrogens with one attached hydrogen (secondary N) is 1. The number of amides is 1. The lowest BCUT2D eigenvalue weighted by molar-refractivity contribution is -0.115. The van der Waals surface area contributed by atoms with Gasteiger partial charge in [0.25, 0.3) is 0 Å². The predicted octanol–water partition coefficient (Wildman–Crippen LogP) is 4.13. The fraction of sp³-hybridized carbons (Fsp3) is 0.136. The summed E-state index contributed by atoms with van der Waals surface area (Å²) in [6.45, 7) is 0. The van der Waals surface area contributed by atoms with Gasteiger partial charge in [0.2, 0.25) is 5.91 Å². The van der Waals surface area contributed by atoms with Crippen LogP contribution in [-0.4, -0.2) is 29.5 Å². The molecule has 4 rings (SSSR count). The first kappa shape index (κ1) is 19.5. The Morgan fingerprint density at radius 1 is 1.20 bits per heavy atom. The molecule has 2 aromatic carbocycles. The molecule has 0 aliphatic carbocycles. The molecule has 0 aliphatic heterocycles. The number of thiazole rings is 1. The van der Waals surface area contributed by atoms with Gasteiger partial charge in [0.05, 0.1) is 38.0 Å². The van der Waals surface area contributed by atoms with E-state index in [1.807, 2.05) is 34.2 Å². The van der Waals surface area contributed by atoms with Gasteiger partial charge in [-0.3, -0.25) is 9.20 Å². The van der Waals surface area contributed by atoms with Gasteiger partial charge >= 0.3 is 0 Å². The van der Waals surface area contributed by atoms with E-state index < -0.39 is 0 Å². The molecule has 0 fully saturated rings. The summed E-state index contributed by atoms with van der Waals surface area (Å²) in [5, 5.41) is 13.8. The molecule has 0 atom stereocenters. The van der Waals surface area contributed by atoms with Crippen molar-refractivity contribution in [3.05, 3.63) is 65.3 Å². The summed E-state index contributed by atoms with van der Waals surface area (Å²) in [6.07, 6.45) is 2.10. The number of carbonyl (C=O) groups is 1. The van der Waals surface area contributed by atoms with Crippen LogP contribution in [0.2, 0.25) is 0 Å². The van der Waals surface area contributed by atoms with Crippen molar-refractivity contribution in [2.75, 3.05) is 19.5 Å². The summed E-state index contributed by atoms with van der Waals surface area (Å²) < 4.78 is 12.6. The van der Waals surface area contributed by atoms with Gasteiger partial charge in [-0.05, 0) is 36.4 Å². The van der Waals surface area contributed by atoms with Crippen molar-refractivity contribution in [3.63, 3.8) is 0 Å². The minimum absolute atomic E-state index is 0.161. The smallest absolute Gasteiger partial charge is 0.230 e. The van der Waals surface area contributed by atoms with Crippen molar-refractivity contribution in [3.8, 4) is 28.8 Å². The Hall–Kier alpha value is -3.83. The first-order chi connectivity index (χ1) is 14.6. The summed E-state index contributed by atoms with van der Waals surface area (Å²) in [5.41, 5.74) is 3.61. The van der Waals surface area contributed by atoms with Gasteiger partial charge < -0.3 is 14.8 Å². The molecular formula is C22H18N4O3S. The quantitative estimate of drug-likeness (QED) is 0.509. The fourth-order valence-electron chi connectivity index (χ4n) is 3.13. The molecule has 1 N–H and O–H groups in total. The predicted molar refractivity (Wildman–Crippen MR) is 115 cm³/mol. The fourth-order valence-corrected chi connectivity index (χ4v) is 4.00. The van der Waals surface area contributed by atoms with Crippen LogP contribution in [0.1, 0.15) is 11.3 Å². The second-order valence-electron chi connectivity index (χ2n) is 6.49. The van der Waals surface area contributed by atoms with Crippen LogP contribution in [0, 0.1) is 11.3 Å². The van der Waals surface area contributed by atoms with Crippen LogP contribution in [0.4, 0.5) is 5.69 Å². The minimum Gasteiger partial charge on any atom is -0.493 e. The third-order valence-corrected chi connectivity index (χ3v) is 5.47. The number of anilines is 1. The molecule has 8 heteroatoms. The average Bonchev–Trinajstić information content (AvgIpc) is 3.35. The molecule has 2 aromatic heterocycles. The number of hydrogen-bond acceptors (Lipinski definition) is 6. The number of benzene rings is 2. The van der Waals surface area contributed by atoms with Crippen molar-refractivity contribution >= 4 is 27.9 Å². The van der Waals surface area contributed by atoms with Crippen LogP contribution in [0.3, 0.4) is 0 Å². The molecule has 4 aromatic rings. The number of carbonyl (C=O) groups excluding carboxylic acids is 1. The van der Waals surface area contributed by atoms with Crippen molar-refractivity contribution in [2.45, 2.75) is 6.42 Å². The second-order valence-corrected chi connectivity index (χ2v) is 7.33. The SMILES string of the molecule is COc1ccc(-c2cn3c(CC(=O)Nc4cccc(C#N)c4)csc3n2)cc1OC. The van der Waals surface area contributed by atoms with E-state index in [-0.39, 0.29) is 12.3 Å². The Balaban J connectivity index is 1.56. The highest BCUT2D eigenvalue weighted by atomic mass is 32.1. The van der Waals surface area contributed by atoms with E-state index in [0.717, 1.165) is 21.9 Å². The average molecular weight is 418 g/mol. The minimum atomic E-state index is -0.161. The van der Waals surface area contributed by atoms with E-state index in [9.17, 15) is 4.79 Å². The zero-order valence-electron chi connectivity index (χ0n) is 16.4. The standard InChI is InChI=1S/C22H18N4O3S/c1-28-19-7-6-15(9-20(19)29-2)18-12-26-17(13-30-22(26)25-18)10-21(27)24-16-5-3-4-14(8-16)11-23/h3-9,12-13H,10H2,1-2H3,(H,24,27). The van der Waals surface area contributed by atoms with Gasteiger partial charge in [-0.15, -0.1) is 11.3 Å². The molecule has 0 aliphatic rings. The van der Waals surface area contributed by atoms with Crippen molar-refractivity contribution < 1.29 is 14.3 Å². The van der Waals surface area contributed by atoms with E-state index in [0.29, 0.717) is 22.7 Å². The molecule has 0 spiro atoms. The van der Waals surface area contributed by atoms with Crippen LogP contribution in [-0.2, 0) is 11.2 Å². The highest BCUT2D eigenvalue weighted by Gasteiger charge is 2.14. The van der Waals surface area contributed by atoms with Crippen LogP contribution in [0.5, 0.6) is 11.5 Å². The first-order valence-electron chi connectivity index (χ1n) is 9.09. The Bertz CT molecular complexity index is 1270. The van der Waals surface area contributed by atoms with Gasteiger partial charge in [0, 0.05) is 28.5 Å². The number of imidazole rings is 1. The van der Waals surface area contributed by atoms with Crippen LogP contribution >= 0.6 is 11.3 Å². The number of methoxy groups -OCH3 is 2. The molecule has 0 radical (unpaired) electrons. The maximum atomic E-state index is 12.5. The highest BCUT2D eigenvalue weighted by molar-refractivity contribution is 7.15. The Morgan fingerprint density at radius 3 is 2.80 bits per heavy atom. The van der Waals surface area contributed by atoms with Crippen molar-refractivity contribution in [1.82, 2.24) is 9.38 Å². The number of nitriles is 1. The number of fused-ring (bicyclic) bond motifs is 1. The summed E-state index contributed by atoms with van der Waals surface area (Å²) in [6, 6.07) is 14.5. The molecule has 0 saturated heterocycles. The molecular weight excluding hydrogens is 400 g/mol. The van der Waals surface area contributed by atoms with Crippen molar-refractivity contribution in [2.24, 2.45) is 0 Å². The Kier molecular flexibility index (Phi) is 5.37. The topological polar surface area (TPSA) is 88.7 Å². The number of aromatic nitrogens is 2. The van der Waals surface area contributed by atoms with E-state index in [2.05, 4.69) is 16.4 Å². The summed E-state index contributed by atoms with van der Waals surface area (Å²) >= 11 is 1.47. The summed E-state index contributed by atoms with van der Waals surface area (Å²) in [7, 11) is 3.19. The van der Waals surface area contributed by atoms with Crippen LogP contribution in [0.25, 0.3) is 16.2 Å².